The first kappa shape index (κ1) is 19.1. The maximum absolute atomic E-state index is 12.5. The van der Waals surface area contributed by atoms with Crippen LogP contribution in [0.15, 0.2) is 28.8 Å². The van der Waals surface area contributed by atoms with Crippen molar-refractivity contribution in [1.82, 2.24) is 14.4 Å². The molecule has 1 fully saturated rings. The lowest BCUT2D eigenvalue weighted by molar-refractivity contribution is -0.0440. The van der Waals surface area contributed by atoms with Crippen molar-refractivity contribution in [1.29, 1.82) is 0 Å². The lowest BCUT2D eigenvalue weighted by Gasteiger charge is -2.34. The van der Waals surface area contributed by atoms with Gasteiger partial charge in [0.2, 0.25) is 15.8 Å². The Morgan fingerprint density at radius 2 is 2.04 bits per heavy atom. The second-order valence-electron chi connectivity index (χ2n) is 6.25. The number of hydrogen-bond donors (Lipinski definition) is 1. The largest absolute Gasteiger partial charge is 0.373 e. The van der Waals surface area contributed by atoms with E-state index in [0.717, 1.165) is 5.56 Å². The maximum atomic E-state index is 12.5. The summed E-state index contributed by atoms with van der Waals surface area (Å²) in [6.07, 6.45) is -0.227. The first-order valence-corrected chi connectivity index (χ1v) is 10.3. The van der Waals surface area contributed by atoms with E-state index in [2.05, 4.69) is 15.5 Å². The Bertz CT molecular complexity index is 847. The van der Waals surface area contributed by atoms with Crippen LogP contribution in [0.1, 0.15) is 13.8 Å². The van der Waals surface area contributed by atoms with Gasteiger partial charge in [0.1, 0.15) is 0 Å². The van der Waals surface area contributed by atoms with Crippen LogP contribution in [0.4, 0.5) is 6.01 Å². The van der Waals surface area contributed by atoms with Crippen LogP contribution < -0.4 is 5.32 Å². The van der Waals surface area contributed by atoms with E-state index < -0.39 is 10.0 Å². The number of nitrogens with zero attached hydrogens (tertiary/aromatic N) is 3. The Morgan fingerprint density at radius 3 is 2.73 bits per heavy atom. The average Bonchev–Trinajstić information content (AvgIpc) is 3.03. The molecule has 1 aliphatic rings. The van der Waals surface area contributed by atoms with Crippen molar-refractivity contribution in [2.75, 3.05) is 30.7 Å². The van der Waals surface area contributed by atoms with Crippen LogP contribution >= 0.6 is 11.6 Å². The fourth-order valence-electron chi connectivity index (χ4n) is 2.81. The predicted molar refractivity (Wildman–Crippen MR) is 98.6 cm³/mol. The van der Waals surface area contributed by atoms with Gasteiger partial charge in [-0.1, -0.05) is 28.9 Å². The molecule has 2 unspecified atom stereocenters. The second kappa shape index (κ2) is 7.91. The van der Waals surface area contributed by atoms with Crippen LogP contribution in [0.3, 0.4) is 0 Å². The van der Waals surface area contributed by atoms with Gasteiger partial charge in [-0.15, -0.1) is 0 Å². The molecule has 1 aromatic heterocycles. The maximum Gasteiger partial charge on any atom is 0.321 e. The van der Waals surface area contributed by atoms with Crippen molar-refractivity contribution in [2.24, 2.45) is 0 Å². The second-order valence-corrected chi connectivity index (χ2v) is 8.78. The van der Waals surface area contributed by atoms with Crippen molar-refractivity contribution in [2.45, 2.75) is 26.1 Å². The van der Waals surface area contributed by atoms with Crippen LogP contribution in [0.2, 0.25) is 5.02 Å². The normalized spacial score (nSPS) is 21.7. The fraction of sp³-hybridized carbons (Fsp3) is 0.500. The van der Waals surface area contributed by atoms with E-state index in [4.69, 9.17) is 20.9 Å². The number of aromatic nitrogens is 2. The molecule has 1 N–H and O–H groups in total. The fourth-order valence-corrected chi connectivity index (χ4v) is 4.50. The first-order chi connectivity index (χ1) is 12.3. The van der Waals surface area contributed by atoms with Gasteiger partial charge >= 0.3 is 6.01 Å². The molecule has 8 nitrogen and oxygen atoms in total. The number of nitrogens with one attached hydrogen (secondary N) is 1. The van der Waals surface area contributed by atoms with E-state index in [9.17, 15) is 8.42 Å². The Labute approximate surface area is 157 Å². The zero-order chi connectivity index (χ0) is 18.7. The predicted octanol–water partition coefficient (Wildman–Crippen LogP) is 2.24. The number of rotatable bonds is 6. The van der Waals surface area contributed by atoms with Crippen LogP contribution in [0, 0.1) is 0 Å². The lowest BCUT2D eigenvalue weighted by atomic mass is 10.2. The highest BCUT2D eigenvalue weighted by molar-refractivity contribution is 7.89. The summed E-state index contributed by atoms with van der Waals surface area (Å²) in [5.41, 5.74) is 0.721. The van der Waals surface area contributed by atoms with Crippen molar-refractivity contribution in [3.8, 4) is 11.4 Å². The topological polar surface area (TPSA) is 97.6 Å². The molecule has 0 aliphatic carbocycles. The Balaban J connectivity index is 1.56. The average molecular weight is 401 g/mol. The van der Waals surface area contributed by atoms with Gasteiger partial charge in [0.15, 0.2) is 0 Å². The van der Waals surface area contributed by atoms with Crippen molar-refractivity contribution in [3.63, 3.8) is 0 Å². The molecular weight excluding hydrogens is 380 g/mol. The van der Waals surface area contributed by atoms with Gasteiger partial charge in [0.05, 0.1) is 18.0 Å². The minimum Gasteiger partial charge on any atom is -0.373 e. The van der Waals surface area contributed by atoms with Crippen LogP contribution in [-0.2, 0) is 14.8 Å². The molecule has 1 saturated heterocycles. The van der Waals surface area contributed by atoms with Crippen molar-refractivity contribution < 1.29 is 17.7 Å². The van der Waals surface area contributed by atoms with Crippen LogP contribution in [0.5, 0.6) is 0 Å². The summed E-state index contributed by atoms with van der Waals surface area (Å²) in [5, 5.41) is 7.30. The molecule has 1 aromatic carbocycles. The van der Waals surface area contributed by atoms with Gasteiger partial charge in [-0.05, 0) is 26.0 Å². The van der Waals surface area contributed by atoms with E-state index in [1.807, 2.05) is 19.9 Å². The van der Waals surface area contributed by atoms with E-state index in [1.165, 1.54) is 4.31 Å². The monoisotopic (exact) mass is 400 g/mol. The SMILES string of the molecule is CC1CN(S(=O)(=O)CCNc2nc(-c3cccc(Cl)c3)no2)CC(C)O1. The van der Waals surface area contributed by atoms with E-state index >= 15 is 0 Å². The summed E-state index contributed by atoms with van der Waals surface area (Å²) in [4.78, 5) is 4.20. The van der Waals surface area contributed by atoms with Gasteiger partial charge in [0.25, 0.3) is 0 Å². The molecule has 3 rings (SSSR count). The summed E-state index contributed by atoms with van der Waals surface area (Å²) < 4.78 is 37.1. The molecular formula is C16H21ClN4O4S. The van der Waals surface area contributed by atoms with E-state index in [1.54, 1.807) is 18.2 Å². The summed E-state index contributed by atoms with van der Waals surface area (Å²) in [5.74, 6) is 0.315. The molecule has 0 saturated carbocycles. The molecule has 0 radical (unpaired) electrons. The van der Waals surface area contributed by atoms with Crippen molar-refractivity contribution in [3.05, 3.63) is 29.3 Å². The Hall–Kier alpha value is -1.68. The Kier molecular flexibility index (Phi) is 5.81. The molecule has 2 heterocycles. The van der Waals surface area contributed by atoms with Crippen molar-refractivity contribution >= 4 is 27.6 Å². The van der Waals surface area contributed by atoms with E-state index in [-0.39, 0.29) is 30.5 Å². The van der Waals surface area contributed by atoms with Gasteiger partial charge in [-0.3, -0.25) is 0 Å². The quantitative estimate of drug-likeness (QED) is 0.793. The Morgan fingerprint density at radius 1 is 1.31 bits per heavy atom. The molecule has 0 spiro atoms. The highest BCUT2D eigenvalue weighted by Gasteiger charge is 2.30. The smallest absolute Gasteiger partial charge is 0.321 e. The van der Waals surface area contributed by atoms with Crippen LogP contribution in [0.25, 0.3) is 11.4 Å². The molecule has 2 aromatic rings. The zero-order valence-electron chi connectivity index (χ0n) is 14.6. The highest BCUT2D eigenvalue weighted by atomic mass is 35.5. The highest BCUT2D eigenvalue weighted by Crippen LogP contribution is 2.21. The molecule has 26 heavy (non-hydrogen) atoms. The first-order valence-electron chi connectivity index (χ1n) is 8.30. The molecule has 0 bridgehead atoms. The third kappa shape index (κ3) is 4.73. The molecule has 2 atom stereocenters. The number of morpholine rings is 1. The lowest BCUT2D eigenvalue weighted by Crippen LogP contribution is -2.49. The molecule has 142 valence electrons. The minimum absolute atomic E-state index is 0.0681. The summed E-state index contributed by atoms with van der Waals surface area (Å²) in [6.45, 7) is 4.64. The summed E-state index contributed by atoms with van der Waals surface area (Å²) >= 11 is 5.95. The molecule has 10 heteroatoms. The van der Waals surface area contributed by atoms with Crippen LogP contribution in [-0.4, -0.2) is 60.5 Å². The van der Waals surface area contributed by atoms with E-state index in [0.29, 0.717) is 23.9 Å². The number of sulfonamides is 1. The summed E-state index contributed by atoms with van der Waals surface area (Å²) in [6, 6.07) is 7.24. The van der Waals surface area contributed by atoms with Gasteiger partial charge in [-0.25, -0.2) is 8.42 Å². The standard InChI is InChI=1S/C16H21ClN4O4S/c1-11-9-21(10-12(2)24-11)26(22,23)7-6-18-16-19-15(20-25-16)13-4-3-5-14(17)8-13/h3-5,8,11-12H,6-7,9-10H2,1-2H3,(H,18,19,20). The number of benzene rings is 1. The number of anilines is 1. The summed E-state index contributed by atoms with van der Waals surface area (Å²) in [7, 11) is -3.39. The minimum atomic E-state index is -3.39. The zero-order valence-corrected chi connectivity index (χ0v) is 16.1. The number of ether oxygens (including phenoxy) is 1. The molecule has 1 aliphatic heterocycles. The van der Waals surface area contributed by atoms with Gasteiger partial charge < -0.3 is 14.6 Å². The number of hydrogen-bond acceptors (Lipinski definition) is 7. The molecule has 0 amide bonds. The third-order valence-corrected chi connectivity index (χ3v) is 5.96. The number of halogens is 1. The van der Waals surface area contributed by atoms with Gasteiger partial charge in [0, 0.05) is 30.2 Å². The third-order valence-electron chi connectivity index (χ3n) is 3.92. The van der Waals surface area contributed by atoms with Gasteiger partial charge in [-0.2, -0.15) is 9.29 Å².